The number of hydrogen-bond acceptors (Lipinski definition) is 2. The summed E-state index contributed by atoms with van der Waals surface area (Å²) in [6, 6.07) is 0. The minimum absolute atomic E-state index is 0.124. The summed E-state index contributed by atoms with van der Waals surface area (Å²) < 4.78 is 12.2. The van der Waals surface area contributed by atoms with Gasteiger partial charge in [0.25, 0.3) is 0 Å². The molecule has 0 aliphatic rings. The van der Waals surface area contributed by atoms with Crippen molar-refractivity contribution in [3.05, 3.63) is 0 Å². The van der Waals surface area contributed by atoms with Crippen LogP contribution in [-0.2, 0) is 9.47 Å². The zero-order valence-corrected chi connectivity index (χ0v) is 12.1. The van der Waals surface area contributed by atoms with Gasteiger partial charge in [0.15, 0.2) is 0 Å². The van der Waals surface area contributed by atoms with E-state index >= 15 is 0 Å². The fourth-order valence-electron chi connectivity index (χ4n) is 3.01. The Morgan fingerprint density at radius 3 is 0.938 bits per heavy atom. The summed E-state index contributed by atoms with van der Waals surface area (Å²) in [6.07, 6.45) is 4.05. The highest BCUT2D eigenvalue weighted by Crippen LogP contribution is 2.41. The first-order chi connectivity index (χ1) is 7.61. The third-order valence-corrected chi connectivity index (χ3v) is 3.96. The normalized spacial score (nSPS) is 13.1. The van der Waals surface area contributed by atoms with Crippen molar-refractivity contribution in [1.29, 1.82) is 0 Å². The first-order valence-corrected chi connectivity index (χ1v) is 6.89. The van der Waals surface area contributed by atoms with E-state index in [2.05, 4.69) is 41.5 Å². The molecule has 0 fully saturated rings. The zero-order valence-electron chi connectivity index (χ0n) is 12.1. The van der Waals surface area contributed by atoms with Gasteiger partial charge in [-0.15, -0.1) is 0 Å². The topological polar surface area (TPSA) is 18.5 Å². The summed E-state index contributed by atoms with van der Waals surface area (Å²) in [4.78, 5) is 0. The largest absolute Gasteiger partial charge is 0.372 e. The maximum atomic E-state index is 6.10. The van der Waals surface area contributed by atoms with Crippen LogP contribution in [0.2, 0.25) is 0 Å². The maximum absolute atomic E-state index is 6.10. The van der Waals surface area contributed by atoms with Crippen molar-refractivity contribution >= 4 is 0 Å². The highest BCUT2D eigenvalue weighted by Gasteiger charge is 2.48. The van der Waals surface area contributed by atoms with E-state index in [1.165, 1.54) is 0 Å². The average Bonchev–Trinajstić information content (AvgIpc) is 2.33. The van der Waals surface area contributed by atoms with E-state index in [1.54, 1.807) is 0 Å². The second kappa shape index (κ2) is 7.29. The van der Waals surface area contributed by atoms with E-state index in [9.17, 15) is 0 Å². The van der Waals surface area contributed by atoms with E-state index in [0.717, 1.165) is 38.9 Å². The van der Waals surface area contributed by atoms with Crippen molar-refractivity contribution in [2.75, 3.05) is 13.2 Å². The van der Waals surface area contributed by atoms with Crippen LogP contribution >= 0.6 is 0 Å². The van der Waals surface area contributed by atoms with E-state index in [1.807, 2.05) is 0 Å². The van der Waals surface area contributed by atoms with Crippen LogP contribution in [0, 0.1) is 0 Å². The highest BCUT2D eigenvalue weighted by molar-refractivity contribution is 5.00. The van der Waals surface area contributed by atoms with Crippen LogP contribution in [0.1, 0.15) is 67.2 Å². The molecule has 0 aromatic rings. The fourth-order valence-corrected chi connectivity index (χ4v) is 3.01. The van der Waals surface area contributed by atoms with Crippen LogP contribution in [0.4, 0.5) is 0 Å². The van der Waals surface area contributed by atoms with Crippen LogP contribution in [0.25, 0.3) is 0 Å². The van der Waals surface area contributed by atoms with Crippen LogP contribution in [0.15, 0.2) is 0 Å². The van der Waals surface area contributed by atoms with Gasteiger partial charge in [-0.25, -0.2) is 0 Å². The molecule has 0 spiro atoms. The van der Waals surface area contributed by atoms with Crippen molar-refractivity contribution < 1.29 is 9.47 Å². The minimum Gasteiger partial charge on any atom is -0.372 e. The lowest BCUT2D eigenvalue weighted by Crippen LogP contribution is -2.56. The molecule has 16 heavy (non-hydrogen) atoms. The smallest absolute Gasteiger partial charge is 0.0965 e. The Morgan fingerprint density at radius 2 is 0.812 bits per heavy atom. The van der Waals surface area contributed by atoms with Crippen molar-refractivity contribution in [2.24, 2.45) is 0 Å². The third-order valence-electron chi connectivity index (χ3n) is 3.96. The molecule has 0 radical (unpaired) electrons. The summed E-state index contributed by atoms with van der Waals surface area (Å²) in [5.74, 6) is 0. The molecule has 0 heterocycles. The van der Waals surface area contributed by atoms with Gasteiger partial charge in [-0.1, -0.05) is 27.7 Å². The monoisotopic (exact) mass is 230 g/mol. The van der Waals surface area contributed by atoms with E-state index < -0.39 is 0 Å². The number of rotatable bonds is 9. The molecule has 0 bridgehead atoms. The highest BCUT2D eigenvalue weighted by atomic mass is 16.6. The van der Waals surface area contributed by atoms with Crippen molar-refractivity contribution in [3.63, 3.8) is 0 Å². The van der Waals surface area contributed by atoms with Crippen molar-refractivity contribution in [1.82, 2.24) is 0 Å². The van der Waals surface area contributed by atoms with Gasteiger partial charge in [0, 0.05) is 13.2 Å². The minimum atomic E-state index is -0.124. The average molecular weight is 230 g/mol. The molecule has 0 N–H and O–H groups in total. The van der Waals surface area contributed by atoms with Gasteiger partial charge in [0.2, 0.25) is 0 Å². The predicted molar refractivity (Wildman–Crippen MR) is 69.9 cm³/mol. The molecule has 0 saturated heterocycles. The quantitative estimate of drug-likeness (QED) is 0.591. The third kappa shape index (κ3) is 2.78. The van der Waals surface area contributed by atoms with Gasteiger partial charge in [-0.2, -0.15) is 0 Å². The molecule has 0 aliphatic heterocycles. The van der Waals surface area contributed by atoms with Crippen LogP contribution in [-0.4, -0.2) is 24.4 Å². The van der Waals surface area contributed by atoms with Crippen LogP contribution in [0.5, 0.6) is 0 Å². The predicted octanol–water partition coefficient (Wildman–Crippen LogP) is 4.18. The summed E-state index contributed by atoms with van der Waals surface area (Å²) in [7, 11) is 0. The van der Waals surface area contributed by atoms with Crippen LogP contribution in [0.3, 0.4) is 0 Å². The molecule has 0 aromatic carbocycles. The Morgan fingerprint density at radius 1 is 0.562 bits per heavy atom. The maximum Gasteiger partial charge on any atom is 0.0965 e. The Bertz CT molecular complexity index is 150. The van der Waals surface area contributed by atoms with E-state index in [4.69, 9.17) is 9.47 Å². The molecule has 98 valence electrons. The standard InChI is InChI=1S/C14H30O2/c1-7-13(8-2,15-11-5)14(9-3,10-4)16-12-6/h7-12H2,1-6H3. The molecule has 0 rings (SSSR count). The molecular weight excluding hydrogens is 200 g/mol. The first kappa shape index (κ1) is 15.9. The van der Waals surface area contributed by atoms with Gasteiger partial charge in [-0.3, -0.25) is 0 Å². The Labute approximate surface area is 102 Å². The van der Waals surface area contributed by atoms with Crippen molar-refractivity contribution in [2.45, 2.75) is 78.4 Å². The molecule has 0 aromatic heterocycles. The molecule has 2 nitrogen and oxygen atoms in total. The molecule has 0 saturated carbocycles. The molecule has 0 aliphatic carbocycles. The summed E-state index contributed by atoms with van der Waals surface area (Å²) in [5, 5.41) is 0. The van der Waals surface area contributed by atoms with Gasteiger partial charge in [-0.05, 0) is 39.5 Å². The Balaban J connectivity index is 5.20. The summed E-state index contributed by atoms with van der Waals surface area (Å²) in [6.45, 7) is 14.5. The molecule has 0 amide bonds. The Kier molecular flexibility index (Phi) is 7.25. The molecule has 0 unspecified atom stereocenters. The van der Waals surface area contributed by atoms with E-state index in [0.29, 0.717) is 0 Å². The van der Waals surface area contributed by atoms with Gasteiger partial charge >= 0.3 is 0 Å². The van der Waals surface area contributed by atoms with E-state index in [-0.39, 0.29) is 11.2 Å². The SMILES string of the molecule is CCOC(CC)(CC)C(CC)(CC)OCC. The Hall–Kier alpha value is -0.0800. The molecule has 2 heteroatoms. The van der Waals surface area contributed by atoms with Gasteiger partial charge < -0.3 is 9.47 Å². The number of ether oxygens (including phenoxy) is 2. The second-order valence-electron chi connectivity index (χ2n) is 4.27. The second-order valence-corrected chi connectivity index (χ2v) is 4.27. The van der Waals surface area contributed by atoms with Crippen LogP contribution < -0.4 is 0 Å². The fraction of sp³-hybridized carbons (Fsp3) is 1.00. The lowest BCUT2D eigenvalue weighted by atomic mass is 9.74. The lowest BCUT2D eigenvalue weighted by Gasteiger charge is -2.49. The first-order valence-electron chi connectivity index (χ1n) is 6.89. The summed E-state index contributed by atoms with van der Waals surface area (Å²) in [5.41, 5.74) is -0.248. The van der Waals surface area contributed by atoms with Gasteiger partial charge in [0.05, 0.1) is 11.2 Å². The number of hydrogen-bond donors (Lipinski definition) is 0. The van der Waals surface area contributed by atoms with Crippen molar-refractivity contribution in [3.8, 4) is 0 Å². The molecular formula is C14H30O2. The zero-order chi connectivity index (χ0) is 12.7. The summed E-state index contributed by atoms with van der Waals surface area (Å²) >= 11 is 0. The van der Waals surface area contributed by atoms with Gasteiger partial charge in [0.1, 0.15) is 0 Å². The lowest BCUT2D eigenvalue weighted by molar-refractivity contribution is -0.213. The molecule has 0 atom stereocenters.